The van der Waals surface area contributed by atoms with Crippen LogP contribution in [0.5, 0.6) is 0 Å². The number of aromatic nitrogens is 1. The predicted octanol–water partition coefficient (Wildman–Crippen LogP) is 2.23. The Kier molecular flexibility index (Phi) is 4.94. The summed E-state index contributed by atoms with van der Waals surface area (Å²) in [6.07, 6.45) is 5.67. The minimum atomic E-state index is -0.230. The summed E-state index contributed by atoms with van der Waals surface area (Å²) in [6.45, 7) is 7.03. The molecular weight excluding hydrogens is 266 g/mol. The van der Waals surface area contributed by atoms with Gasteiger partial charge in [0.1, 0.15) is 6.04 Å². The second kappa shape index (κ2) is 6.70. The summed E-state index contributed by atoms with van der Waals surface area (Å²) in [4.78, 5) is 29.5. The lowest BCUT2D eigenvalue weighted by atomic mass is 9.91. The first-order valence-corrected chi connectivity index (χ1v) is 7.71. The third-order valence-electron chi connectivity index (χ3n) is 4.06. The molecule has 2 aliphatic heterocycles. The quantitative estimate of drug-likeness (QED) is 0.805. The molecule has 1 aromatic heterocycles. The molecule has 0 bridgehead atoms. The van der Waals surface area contributed by atoms with E-state index in [0.29, 0.717) is 18.8 Å². The summed E-state index contributed by atoms with van der Waals surface area (Å²) >= 11 is 0. The summed E-state index contributed by atoms with van der Waals surface area (Å²) in [6, 6.07) is 1.74. The fourth-order valence-corrected chi connectivity index (χ4v) is 2.95. The number of imide groups is 1. The first-order chi connectivity index (χ1) is 10.2. The summed E-state index contributed by atoms with van der Waals surface area (Å²) in [7, 11) is 0. The number of nitrogens with one attached hydrogen (secondary N) is 1. The van der Waals surface area contributed by atoms with Crippen molar-refractivity contribution in [3.8, 4) is 0 Å². The van der Waals surface area contributed by atoms with Crippen molar-refractivity contribution in [2.45, 2.75) is 52.0 Å². The molecule has 0 spiro atoms. The number of carbonyl (C=O) groups excluding carboxylic acids is 2. The van der Waals surface area contributed by atoms with Crippen LogP contribution in [0.4, 0.5) is 5.69 Å². The van der Waals surface area contributed by atoms with Crippen LogP contribution in [0.1, 0.15) is 51.5 Å². The Hall–Kier alpha value is -1.91. The first kappa shape index (κ1) is 15.5. The van der Waals surface area contributed by atoms with Gasteiger partial charge in [-0.3, -0.25) is 19.9 Å². The van der Waals surface area contributed by atoms with E-state index in [9.17, 15) is 9.59 Å². The van der Waals surface area contributed by atoms with Crippen LogP contribution in [-0.4, -0.2) is 29.4 Å². The van der Waals surface area contributed by atoms with Gasteiger partial charge in [0.05, 0.1) is 0 Å². The Morgan fingerprint density at radius 3 is 2.76 bits per heavy atom. The van der Waals surface area contributed by atoms with Crippen LogP contribution in [0.3, 0.4) is 0 Å². The fraction of sp³-hybridized carbons (Fsp3) is 0.562. The highest BCUT2D eigenvalue weighted by Gasteiger charge is 2.35. The lowest BCUT2D eigenvalue weighted by Gasteiger charge is -2.40. The van der Waals surface area contributed by atoms with Gasteiger partial charge in [-0.2, -0.15) is 0 Å². The van der Waals surface area contributed by atoms with Crippen LogP contribution in [0.25, 0.3) is 0 Å². The van der Waals surface area contributed by atoms with Crippen LogP contribution < -0.4 is 10.2 Å². The molecule has 2 unspecified atom stereocenters. The number of hydrogen-bond acceptors (Lipinski definition) is 4. The van der Waals surface area contributed by atoms with E-state index in [2.05, 4.69) is 22.1 Å². The zero-order chi connectivity index (χ0) is 15.4. The SMILES string of the molecule is CC.CC1CCN(C2CCC(=O)NC2=O)c2ccncc21. The number of hydrogen-bond donors (Lipinski definition) is 1. The van der Waals surface area contributed by atoms with Crippen LogP contribution in [0, 0.1) is 0 Å². The number of nitrogens with zero attached hydrogens (tertiary/aromatic N) is 2. The standard InChI is InChI=1S/C14H17N3O2.C2H6/c1-9-5-7-17(11-4-6-15-8-10(9)11)12-2-3-13(18)16-14(12)19;1-2/h4,6,8-9,12H,2-3,5,7H2,1H3,(H,16,18,19);1-2H3. The van der Waals surface area contributed by atoms with Crippen molar-refractivity contribution in [3.63, 3.8) is 0 Å². The van der Waals surface area contributed by atoms with E-state index in [-0.39, 0.29) is 17.9 Å². The molecule has 1 saturated heterocycles. The van der Waals surface area contributed by atoms with E-state index >= 15 is 0 Å². The molecular formula is C16H23N3O2. The third-order valence-corrected chi connectivity index (χ3v) is 4.06. The minimum Gasteiger partial charge on any atom is -0.359 e. The normalized spacial score (nSPS) is 24.6. The van der Waals surface area contributed by atoms with Crippen molar-refractivity contribution >= 4 is 17.5 Å². The molecule has 2 amide bonds. The van der Waals surface area contributed by atoms with E-state index in [4.69, 9.17) is 0 Å². The second-order valence-corrected chi connectivity index (χ2v) is 5.28. The van der Waals surface area contributed by atoms with Crippen molar-refractivity contribution < 1.29 is 9.59 Å². The van der Waals surface area contributed by atoms with E-state index in [1.807, 2.05) is 26.1 Å². The summed E-state index contributed by atoms with van der Waals surface area (Å²) in [5.41, 5.74) is 2.28. The molecule has 0 aliphatic carbocycles. The molecule has 1 aromatic rings. The van der Waals surface area contributed by atoms with Gasteiger partial charge in [-0.25, -0.2) is 0 Å². The number of amides is 2. The van der Waals surface area contributed by atoms with Gasteiger partial charge in [0.15, 0.2) is 0 Å². The maximum Gasteiger partial charge on any atom is 0.249 e. The van der Waals surface area contributed by atoms with Crippen molar-refractivity contribution in [3.05, 3.63) is 24.0 Å². The number of anilines is 1. The molecule has 114 valence electrons. The molecule has 2 aliphatic rings. The van der Waals surface area contributed by atoms with Crippen LogP contribution in [0.2, 0.25) is 0 Å². The molecule has 0 aromatic carbocycles. The predicted molar refractivity (Wildman–Crippen MR) is 82.1 cm³/mol. The van der Waals surface area contributed by atoms with Gasteiger partial charge >= 0.3 is 0 Å². The smallest absolute Gasteiger partial charge is 0.249 e. The van der Waals surface area contributed by atoms with E-state index in [0.717, 1.165) is 18.7 Å². The number of piperidine rings is 1. The van der Waals surface area contributed by atoms with Gasteiger partial charge in [0.2, 0.25) is 11.8 Å². The molecule has 3 heterocycles. The van der Waals surface area contributed by atoms with Gasteiger partial charge in [0.25, 0.3) is 0 Å². The van der Waals surface area contributed by atoms with Gasteiger partial charge < -0.3 is 4.90 Å². The fourth-order valence-electron chi connectivity index (χ4n) is 2.95. The third kappa shape index (κ3) is 3.06. The van der Waals surface area contributed by atoms with Crippen LogP contribution in [-0.2, 0) is 9.59 Å². The molecule has 1 N–H and O–H groups in total. The lowest BCUT2D eigenvalue weighted by molar-refractivity contribution is -0.134. The van der Waals surface area contributed by atoms with Gasteiger partial charge in [-0.05, 0) is 30.4 Å². The number of fused-ring (bicyclic) bond motifs is 1. The molecule has 3 rings (SSSR count). The van der Waals surface area contributed by atoms with Crippen molar-refractivity contribution in [1.29, 1.82) is 0 Å². The molecule has 5 heteroatoms. The average molecular weight is 289 g/mol. The lowest BCUT2D eigenvalue weighted by Crippen LogP contribution is -2.54. The number of rotatable bonds is 1. The second-order valence-electron chi connectivity index (χ2n) is 5.28. The molecule has 5 nitrogen and oxygen atoms in total. The highest BCUT2D eigenvalue weighted by molar-refractivity contribution is 6.01. The molecule has 2 atom stereocenters. The van der Waals surface area contributed by atoms with Crippen molar-refractivity contribution in [2.75, 3.05) is 11.4 Å². The maximum atomic E-state index is 12.0. The van der Waals surface area contributed by atoms with Crippen LogP contribution in [0.15, 0.2) is 18.5 Å². The monoisotopic (exact) mass is 289 g/mol. The Bertz CT molecular complexity index is 530. The molecule has 21 heavy (non-hydrogen) atoms. The summed E-state index contributed by atoms with van der Waals surface area (Å²) in [5.74, 6) is 0.128. The first-order valence-electron chi connectivity index (χ1n) is 7.71. The van der Waals surface area contributed by atoms with Gasteiger partial charge in [-0.15, -0.1) is 0 Å². The average Bonchev–Trinajstić information content (AvgIpc) is 2.51. The highest BCUT2D eigenvalue weighted by atomic mass is 16.2. The summed E-state index contributed by atoms with van der Waals surface area (Å²) < 4.78 is 0. The maximum absolute atomic E-state index is 12.0. The summed E-state index contributed by atoms with van der Waals surface area (Å²) in [5, 5.41) is 2.43. The largest absolute Gasteiger partial charge is 0.359 e. The Morgan fingerprint density at radius 1 is 1.29 bits per heavy atom. The van der Waals surface area contributed by atoms with Gasteiger partial charge in [0, 0.05) is 31.0 Å². The molecule has 0 radical (unpaired) electrons. The van der Waals surface area contributed by atoms with Crippen molar-refractivity contribution in [1.82, 2.24) is 10.3 Å². The van der Waals surface area contributed by atoms with E-state index in [1.54, 1.807) is 6.20 Å². The Labute approximate surface area is 125 Å². The van der Waals surface area contributed by atoms with Crippen molar-refractivity contribution in [2.24, 2.45) is 0 Å². The minimum absolute atomic E-state index is 0.165. The topological polar surface area (TPSA) is 62.3 Å². The number of pyridine rings is 1. The number of carbonyl (C=O) groups is 2. The zero-order valence-corrected chi connectivity index (χ0v) is 12.9. The zero-order valence-electron chi connectivity index (χ0n) is 12.9. The highest BCUT2D eigenvalue weighted by Crippen LogP contribution is 2.36. The van der Waals surface area contributed by atoms with Crippen LogP contribution >= 0.6 is 0 Å². The molecule has 1 fully saturated rings. The van der Waals surface area contributed by atoms with Gasteiger partial charge in [-0.1, -0.05) is 20.8 Å². The molecule has 0 saturated carbocycles. The Balaban J connectivity index is 0.000000774. The van der Waals surface area contributed by atoms with E-state index < -0.39 is 0 Å². The Morgan fingerprint density at radius 2 is 2.05 bits per heavy atom. The van der Waals surface area contributed by atoms with E-state index in [1.165, 1.54) is 5.56 Å².